The van der Waals surface area contributed by atoms with Crippen molar-refractivity contribution < 1.29 is 29.3 Å². The highest BCUT2D eigenvalue weighted by atomic mass is 16.5. The summed E-state index contributed by atoms with van der Waals surface area (Å²) in [6.45, 7) is 23.8. The number of aliphatic carboxylic acids is 1. The lowest BCUT2D eigenvalue weighted by atomic mass is 9.33. The number of fused-ring (bicyclic) bond motifs is 7. The number of rotatable bonds is 9. The van der Waals surface area contributed by atoms with Crippen LogP contribution in [0.5, 0.6) is 0 Å². The number of aliphatic hydroxyl groups excluding tert-OH is 1. The summed E-state index contributed by atoms with van der Waals surface area (Å²) < 4.78 is 6.19. The van der Waals surface area contributed by atoms with Gasteiger partial charge in [0.1, 0.15) is 11.9 Å². The Hall–Kier alpha value is -2.78. The molecule has 1 aliphatic heterocycles. The Morgan fingerprint density at radius 2 is 1.64 bits per heavy atom. The lowest BCUT2D eigenvalue weighted by Crippen LogP contribution is -2.66. The zero-order chi connectivity index (χ0) is 39.9. The monoisotopic (exact) mass is 760 g/mol. The van der Waals surface area contributed by atoms with E-state index in [-0.39, 0.29) is 51.8 Å². The van der Waals surface area contributed by atoms with Crippen molar-refractivity contribution in [3.05, 3.63) is 35.5 Å². The molecule has 2 N–H and O–H groups in total. The van der Waals surface area contributed by atoms with Crippen LogP contribution in [-0.2, 0) is 19.1 Å². The number of Topliss-reactive ketones (excluding diaryl/α,β-unsaturated/α-hetero) is 1. The van der Waals surface area contributed by atoms with Gasteiger partial charge in [-0.05, 0) is 123 Å². The highest BCUT2D eigenvalue weighted by Gasteiger charge is 2.71. The number of hydrogen-bond donors (Lipinski definition) is 2. The molecule has 55 heavy (non-hydrogen) atoms. The summed E-state index contributed by atoms with van der Waals surface area (Å²) in [6, 6.07) is 6.05. The smallest absolute Gasteiger partial charge is 0.309 e. The Bertz CT molecular complexity index is 1700. The van der Waals surface area contributed by atoms with Gasteiger partial charge in [0.25, 0.3) is 0 Å². The molecule has 3 unspecified atom stereocenters. The number of esters is 1. The van der Waals surface area contributed by atoms with Crippen LogP contribution in [0.1, 0.15) is 127 Å². The summed E-state index contributed by atoms with van der Waals surface area (Å²) in [5, 5.41) is 22.1. The molecule has 0 radical (unpaired) electrons. The average molecular weight is 760 g/mol. The molecular weight excluding hydrogens is 691 g/mol. The molecule has 7 rings (SSSR count). The zero-order valence-corrected chi connectivity index (χ0v) is 35.2. The van der Waals surface area contributed by atoms with E-state index >= 15 is 0 Å². The zero-order valence-electron chi connectivity index (χ0n) is 35.2. The summed E-state index contributed by atoms with van der Waals surface area (Å²) in [7, 11) is 0. The highest BCUT2D eigenvalue weighted by Crippen LogP contribution is 2.77. The Kier molecular flexibility index (Phi) is 10.3. The first-order chi connectivity index (χ1) is 25.7. The Morgan fingerprint density at radius 1 is 0.927 bits per heavy atom. The number of carboxylic acids is 1. The van der Waals surface area contributed by atoms with Crippen molar-refractivity contribution in [2.45, 2.75) is 139 Å². The molecule has 9 atom stereocenters. The topological polar surface area (TPSA) is 120 Å². The van der Waals surface area contributed by atoms with E-state index in [9.17, 15) is 24.6 Å². The largest absolute Gasteiger partial charge is 0.481 e. The van der Waals surface area contributed by atoms with E-state index < -0.39 is 28.9 Å². The molecule has 0 aromatic carbocycles. The minimum atomic E-state index is -1.16. The van der Waals surface area contributed by atoms with Crippen LogP contribution in [0.3, 0.4) is 0 Å². The molecule has 1 saturated heterocycles. The van der Waals surface area contributed by atoms with Crippen LogP contribution >= 0.6 is 0 Å². The maximum absolute atomic E-state index is 14.2. The van der Waals surface area contributed by atoms with Gasteiger partial charge in [-0.3, -0.25) is 19.3 Å². The predicted octanol–water partition coefficient (Wildman–Crippen LogP) is 7.96. The van der Waals surface area contributed by atoms with E-state index in [0.717, 1.165) is 88.9 Å². The molecule has 0 bridgehead atoms. The van der Waals surface area contributed by atoms with Crippen molar-refractivity contribution in [2.24, 2.45) is 56.2 Å². The van der Waals surface area contributed by atoms with Gasteiger partial charge in [-0.1, -0.05) is 60.1 Å². The van der Waals surface area contributed by atoms with Crippen LogP contribution in [0.2, 0.25) is 0 Å². The van der Waals surface area contributed by atoms with Gasteiger partial charge in [0.05, 0.1) is 17.9 Å². The van der Waals surface area contributed by atoms with Crippen LogP contribution < -0.4 is 4.90 Å². The van der Waals surface area contributed by atoms with Crippen LogP contribution in [0.25, 0.3) is 0 Å². The molecule has 1 aromatic heterocycles. The molecule has 0 spiro atoms. The molecule has 2 heterocycles. The van der Waals surface area contributed by atoms with E-state index in [1.54, 1.807) is 13.8 Å². The van der Waals surface area contributed by atoms with Crippen LogP contribution in [-0.4, -0.2) is 82.8 Å². The maximum Gasteiger partial charge on any atom is 0.309 e. The van der Waals surface area contributed by atoms with E-state index in [1.807, 2.05) is 18.3 Å². The van der Waals surface area contributed by atoms with Gasteiger partial charge in [0.2, 0.25) is 0 Å². The number of hydrogen-bond acceptors (Lipinski definition) is 8. The summed E-state index contributed by atoms with van der Waals surface area (Å²) in [5.74, 6) is 1.13. The van der Waals surface area contributed by atoms with Gasteiger partial charge in [-0.2, -0.15) is 0 Å². The maximum atomic E-state index is 14.2. The van der Waals surface area contributed by atoms with Gasteiger partial charge in [0.15, 0.2) is 5.78 Å². The number of aromatic nitrogens is 1. The average Bonchev–Trinajstić information content (AvgIpc) is 3.43. The highest BCUT2D eigenvalue weighted by molar-refractivity contribution is 6.00. The summed E-state index contributed by atoms with van der Waals surface area (Å²) in [4.78, 5) is 48.4. The van der Waals surface area contributed by atoms with Crippen LogP contribution in [0.15, 0.2) is 35.5 Å². The number of carbonyl (C=O) groups is 3. The Morgan fingerprint density at radius 3 is 2.27 bits per heavy atom. The Labute approximate surface area is 330 Å². The molecule has 0 amide bonds. The minimum absolute atomic E-state index is 0.00259. The molecule has 5 fully saturated rings. The van der Waals surface area contributed by atoms with Gasteiger partial charge >= 0.3 is 11.9 Å². The first-order valence-corrected chi connectivity index (χ1v) is 21.5. The van der Waals surface area contributed by atoms with Gasteiger partial charge in [-0.15, -0.1) is 0 Å². The molecule has 304 valence electrons. The van der Waals surface area contributed by atoms with Gasteiger partial charge < -0.3 is 19.8 Å². The van der Waals surface area contributed by atoms with Crippen LogP contribution in [0, 0.1) is 56.2 Å². The lowest BCUT2D eigenvalue weighted by Gasteiger charge is -2.72. The van der Waals surface area contributed by atoms with E-state index in [0.29, 0.717) is 24.8 Å². The number of nitrogens with zero attached hydrogens (tertiary/aromatic N) is 3. The minimum Gasteiger partial charge on any atom is -0.481 e. The van der Waals surface area contributed by atoms with E-state index in [2.05, 4.69) is 69.3 Å². The third kappa shape index (κ3) is 6.31. The molecule has 9 nitrogen and oxygen atoms in total. The molecule has 6 aliphatic rings. The summed E-state index contributed by atoms with van der Waals surface area (Å²) in [5.41, 5.74) is 0.573. The summed E-state index contributed by atoms with van der Waals surface area (Å²) >= 11 is 0. The number of piperazine rings is 1. The van der Waals surface area contributed by atoms with Crippen molar-refractivity contribution >= 4 is 23.5 Å². The van der Waals surface area contributed by atoms with Crippen molar-refractivity contribution in [1.29, 1.82) is 0 Å². The third-order valence-corrected chi connectivity index (χ3v) is 17.3. The third-order valence-electron chi connectivity index (χ3n) is 17.3. The van der Waals surface area contributed by atoms with Crippen molar-refractivity contribution in [1.82, 2.24) is 9.88 Å². The van der Waals surface area contributed by atoms with Gasteiger partial charge in [-0.25, -0.2) is 4.98 Å². The van der Waals surface area contributed by atoms with Crippen LogP contribution in [0.4, 0.5) is 5.82 Å². The lowest BCUT2D eigenvalue weighted by molar-refractivity contribution is -0.235. The van der Waals surface area contributed by atoms with E-state index in [1.165, 1.54) is 5.57 Å². The normalized spacial score (nSPS) is 38.2. The fourth-order valence-corrected chi connectivity index (χ4v) is 14.0. The number of β-amino-alcohol motifs (C(OH)–C–C–N with tert-alkyl or cyclic N) is 1. The number of carbonyl (C=O) groups excluding carboxylic acids is 2. The number of carboxylic acid groups (broad SMARTS) is 1. The molecule has 9 heteroatoms. The molecule has 4 saturated carbocycles. The number of pyridine rings is 1. The second kappa shape index (κ2) is 14.0. The molecule has 5 aliphatic carbocycles. The fraction of sp³-hybridized carbons (Fsp3) is 0.783. The van der Waals surface area contributed by atoms with Gasteiger partial charge in [0, 0.05) is 56.2 Å². The number of anilines is 1. The first kappa shape index (κ1) is 40.4. The standard InChI is InChI=1S/C46H69N3O6/c1-29(2)38-31(50)26-46(34(51)28-48-22-24-49(25-23-48)36-12-10-11-21-47-36)20-19-44(8)30(39(38)46)13-14-33-43(7)17-16-35(55-37(52)27-41(3,4)40(53)54)42(5,6)32(43)15-18-45(33,44)9/h10-12,21,29-30,32-35,51H,13-20,22-28H2,1-9H3,(H,53,54)/t30-,32?,33-,34?,35+,43+,44-,45-,46?/m1/s1. The number of ketones is 1. The number of allylic oxidation sites excluding steroid dienone is 1. The summed E-state index contributed by atoms with van der Waals surface area (Å²) in [6.07, 6.45) is 9.25. The Balaban J connectivity index is 1.12. The molecule has 1 aromatic rings. The number of ether oxygens (including phenoxy) is 1. The quantitative estimate of drug-likeness (QED) is 0.242. The molecular formula is C46H69N3O6. The second-order valence-corrected chi connectivity index (χ2v) is 21.0. The van der Waals surface area contributed by atoms with Crippen molar-refractivity contribution in [2.75, 3.05) is 37.6 Å². The number of aliphatic hydroxyl groups is 1. The second-order valence-electron chi connectivity index (χ2n) is 21.0. The van der Waals surface area contributed by atoms with E-state index in [4.69, 9.17) is 4.74 Å². The first-order valence-electron chi connectivity index (χ1n) is 21.5. The van der Waals surface area contributed by atoms with Crippen molar-refractivity contribution in [3.63, 3.8) is 0 Å². The fourth-order valence-electron chi connectivity index (χ4n) is 14.0. The van der Waals surface area contributed by atoms with Crippen molar-refractivity contribution in [3.8, 4) is 0 Å². The predicted molar refractivity (Wildman–Crippen MR) is 214 cm³/mol. The SMILES string of the molecule is CC(C)C1=C2[C@H]3CC[C@@H]4[C@@]5(C)CC[C@H](OC(=O)CC(C)(C)C(=O)O)C(C)(C)C5CC[C@@]4(C)[C@]3(C)CCC2(C(O)CN2CCN(c3ccccn3)CC2)CC1=O.